The number of rotatable bonds is 2. The fourth-order valence-electron chi connectivity index (χ4n) is 3.82. The summed E-state index contributed by atoms with van der Waals surface area (Å²) in [5.41, 5.74) is 1.42. The van der Waals surface area contributed by atoms with Gasteiger partial charge in [-0.1, -0.05) is 49.0 Å². The van der Waals surface area contributed by atoms with Crippen LogP contribution in [0.5, 0.6) is 0 Å². The molecule has 1 aromatic rings. The molecule has 1 heterocycles. The summed E-state index contributed by atoms with van der Waals surface area (Å²) >= 11 is 0. The fourth-order valence-corrected chi connectivity index (χ4v) is 3.82. The Morgan fingerprint density at radius 3 is 2.62 bits per heavy atom. The highest BCUT2D eigenvalue weighted by Gasteiger charge is 2.54. The Hall–Kier alpha value is -1.78. The number of carbonyl (C=O) groups excluding carboxylic acids is 1. The van der Waals surface area contributed by atoms with E-state index in [4.69, 9.17) is 5.41 Å². The van der Waals surface area contributed by atoms with E-state index >= 15 is 0 Å². The molecule has 1 atom stereocenters. The lowest BCUT2D eigenvalue weighted by atomic mass is 9.70. The highest BCUT2D eigenvalue weighted by molar-refractivity contribution is 6.32. The highest BCUT2D eigenvalue weighted by Crippen LogP contribution is 2.42. The average Bonchev–Trinajstić information content (AvgIpc) is 2.73. The first kappa shape index (κ1) is 14.2. The molecule has 1 unspecified atom stereocenters. The van der Waals surface area contributed by atoms with Crippen molar-refractivity contribution in [3.63, 3.8) is 0 Å². The van der Waals surface area contributed by atoms with E-state index in [-0.39, 0.29) is 17.8 Å². The second kappa shape index (κ2) is 5.21. The third-order valence-corrected chi connectivity index (χ3v) is 4.98. The van der Waals surface area contributed by atoms with Gasteiger partial charge in [0.2, 0.25) is 0 Å². The van der Waals surface area contributed by atoms with Crippen LogP contribution in [0.3, 0.4) is 0 Å². The zero-order valence-electron chi connectivity index (χ0n) is 12.8. The zero-order valence-corrected chi connectivity index (χ0v) is 12.8. The van der Waals surface area contributed by atoms with Crippen LogP contribution in [0, 0.1) is 11.3 Å². The second-order valence-electron chi connectivity index (χ2n) is 6.35. The number of nitrogens with zero attached hydrogens (tertiary/aromatic N) is 1. The van der Waals surface area contributed by atoms with Crippen LogP contribution in [0.2, 0.25) is 0 Å². The molecule has 21 heavy (non-hydrogen) atoms. The molecule has 2 N–H and O–H groups in total. The Bertz CT molecular complexity index is 583. The standard InChI is InChI=1S/C16H22BN3O/c1-20-14(21)16(19-15(20)18,11-6-3-2-4-7-11)12-8-5-9-13(17)10-12/h5,8-11H,2-4,6-7,17H2,1H3,(H2,18,19). The van der Waals surface area contributed by atoms with E-state index < -0.39 is 5.54 Å². The van der Waals surface area contributed by atoms with Crippen molar-refractivity contribution < 1.29 is 4.79 Å². The van der Waals surface area contributed by atoms with Gasteiger partial charge in [-0.3, -0.25) is 15.1 Å². The van der Waals surface area contributed by atoms with Crippen molar-refractivity contribution in [3.05, 3.63) is 29.8 Å². The first-order valence-corrected chi connectivity index (χ1v) is 7.78. The lowest BCUT2D eigenvalue weighted by Crippen LogP contribution is -2.51. The monoisotopic (exact) mass is 283 g/mol. The maximum Gasteiger partial charge on any atom is 0.259 e. The predicted molar refractivity (Wildman–Crippen MR) is 86.5 cm³/mol. The van der Waals surface area contributed by atoms with Gasteiger partial charge < -0.3 is 5.32 Å². The molecule has 2 fully saturated rings. The Morgan fingerprint density at radius 2 is 2.05 bits per heavy atom. The van der Waals surface area contributed by atoms with E-state index in [1.807, 2.05) is 26.0 Å². The number of carbonyl (C=O) groups is 1. The molecule has 5 heteroatoms. The summed E-state index contributed by atoms with van der Waals surface area (Å²) in [6.07, 6.45) is 5.69. The van der Waals surface area contributed by atoms with Gasteiger partial charge in [0, 0.05) is 7.05 Å². The summed E-state index contributed by atoms with van der Waals surface area (Å²) in [4.78, 5) is 14.4. The van der Waals surface area contributed by atoms with Crippen LogP contribution < -0.4 is 10.8 Å². The van der Waals surface area contributed by atoms with Gasteiger partial charge in [0.15, 0.2) is 5.96 Å². The Kier molecular flexibility index (Phi) is 3.51. The van der Waals surface area contributed by atoms with Crippen LogP contribution in [0.25, 0.3) is 0 Å². The van der Waals surface area contributed by atoms with Crippen molar-refractivity contribution in [2.75, 3.05) is 7.05 Å². The van der Waals surface area contributed by atoms with Gasteiger partial charge in [0.25, 0.3) is 5.91 Å². The average molecular weight is 283 g/mol. The minimum Gasteiger partial charge on any atom is -0.338 e. The molecular formula is C16H22BN3O. The van der Waals surface area contributed by atoms with Crippen LogP contribution in [-0.4, -0.2) is 31.7 Å². The van der Waals surface area contributed by atoms with Crippen molar-refractivity contribution in [1.29, 1.82) is 5.41 Å². The van der Waals surface area contributed by atoms with E-state index in [1.54, 1.807) is 7.05 Å². The van der Waals surface area contributed by atoms with Gasteiger partial charge >= 0.3 is 0 Å². The molecule has 1 saturated heterocycles. The fraction of sp³-hybridized carbons (Fsp3) is 0.500. The lowest BCUT2D eigenvalue weighted by Gasteiger charge is -2.38. The lowest BCUT2D eigenvalue weighted by molar-refractivity contribution is -0.133. The molecule has 110 valence electrons. The van der Waals surface area contributed by atoms with Crippen molar-refractivity contribution >= 4 is 25.2 Å². The number of likely N-dealkylation sites (N-methyl/N-ethyl adjacent to an activating group) is 1. The van der Waals surface area contributed by atoms with Crippen LogP contribution in [-0.2, 0) is 10.3 Å². The summed E-state index contributed by atoms with van der Waals surface area (Å²) < 4.78 is 0. The van der Waals surface area contributed by atoms with Gasteiger partial charge in [-0.2, -0.15) is 0 Å². The minimum absolute atomic E-state index is 0.0185. The first-order chi connectivity index (χ1) is 10.1. The molecule has 0 radical (unpaired) electrons. The quantitative estimate of drug-likeness (QED) is 0.786. The number of benzene rings is 1. The van der Waals surface area contributed by atoms with Crippen molar-refractivity contribution in [3.8, 4) is 0 Å². The van der Waals surface area contributed by atoms with E-state index in [9.17, 15) is 4.79 Å². The molecule has 2 aliphatic rings. The first-order valence-electron chi connectivity index (χ1n) is 7.78. The van der Waals surface area contributed by atoms with Gasteiger partial charge in [-0.15, -0.1) is 0 Å². The molecule has 1 aliphatic carbocycles. The van der Waals surface area contributed by atoms with E-state index in [2.05, 4.69) is 11.4 Å². The summed E-state index contributed by atoms with van der Waals surface area (Å²) in [5.74, 6) is 0.503. The molecule has 0 bridgehead atoms. The minimum atomic E-state index is -0.738. The summed E-state index contributed by atoms with van der Waals surface area (Å²) in [6, 6.07) is 8.17. The Balaban J connectivity index is 2.11. The van der Waals surface area contributed by atoms with Crippen LogP contribution >= 0.6 is 0 Å². The Morgan fingerprint density at radius 1 is 1.33 bits per heavy atom. The number of amides is 1. The van der Waals surface area contributed by atoms with E-state index in [0.717, 1.165) is 23.9 Å². The predicted octanol–water partition coefficient (Wildman–Crippen LogP) is 0.717. The highest BCUT2D eigenvalue weighted by atomic mass is 16.2. The molecular weight excluding hydrogens is 261 g/mol. The summed E-state index contributed by atoms with van der Waals surface area (Å²) in [5, 5.41) is 11.3. The van der Waals surface area contributed by atoms with Gasteiger partial charge in [-0.05, 0) is 24.3 Å². The maximum absolute atomic E-state index is 13.0. The second-order valence-corrected chi connectivity index (χ2v) is 6.35. The molecule has 1 amide bonds. The molecule has 0 aromatic heterocycles. The number of hydrogen-bond acceptors (Lipinski definition) is 2. The molecule has 1 aliphatic heterocycles. The Labute approximate surface area is 126 Å². The largest absolute Gasteiger partial charge is 0.338 e. The third-order valence-electron chi connectivity index (χ3n) is 4.98. The molecule has 4 nitrogen and oxygen atoms in total. The molecule has 0 spiro atoms. The van der Waals surface area contributed by atoms with Gasteiger partial charge in [0.1, 0.15) is 13.4 Å². The molecule has 1 saturated carbocycles. The maximum atomic E-state index is 13.0. The molecule has 1 aromatic carbocycles. The van der Waals surface area contributed by atoms with Crippen LogP contribution in [0.1, 0.15) is 37.7 Å². The van der Waals surface area contributed by atoms with E-state index in [1.165, 1.54) is 24.2 Å². The smallest absolute Gasteiger partial charge is 0.259 e. The van der Waals surface area contributed by atoms with E-state index in [0.29, 0.717) is 0 Å². The topological polar surface area (TPSA) is 56.2 Å². The van der Waals surface area contributed by atoms with Crippen molar-refractivity contribution in [2.24, 2.45) is 5.92 Å². The number of guanidine groups is 1. The number of nitrogens with one attached hydrogen (secondary N) is 2. The number of hydrogen-bond donors (Lipinski definition) is 2. The van der Waals surface area contributed by atoms with Gasteiger partial charge in [0.05, 0.1) is 0 Å². The van der Waals surface area contributed by atoms with Crippen molar-refractivity contribution in [1.82, 2.24) is 10.2 Å². The van der Waals surface area contributed by atoms with Crippen LogP contribution in [0.4, 0.5) is 0 Å². The zero-order chi connectivity index (χ0) is 15.0. The summed E-state index contributed by atoms with van der Waals surface area (Å²) in [6.45, 7) is 0. The van der Waals surface area contributed by atoms with Crippen molar-refractivity contribution in [2.45, 2.75) is 37.6 Å². The molecule has 3 rings (SSSR count). The van der Waals surface area contributed by atoms with Crippen LogP contribution in [0.15, 0.2) is 24.3 Å². The SMILES string of the molecule is Bc1cccc(C2(C3CCCCC3)NC(=N)N(C)C2=O)c1. The summed E-state index contributed by atoms with van der Waals surface area (Å²) in [7, 11) is 3.74. The normalized spacial score (nSPS) is 27.0. The third kappa shape index (κ3) is 2.15. The van der Waals surface area contributed by atoms with Gasteiger partial charge in [-0.25, -0.2) is 0 Å².